The molecule has 0 saturated heterocycles. The molecule has 1 fully saturated rings. The predicted octanol–water partition coefficient (Wildman–Crippen LogP) is 2.79. The van der Waals surface area contributed by atoms with E-state index in [0.29, 0.717) is 16.9 Å². The summed E-state index contributed by atoms with van der Waals surface area (Å²) in [5, 5.41) is 6.72. The lowest BCUT2D eigenvalue weighted by atomic mass is 9.91. The van der Waals surface area contributed by atoms with Crippen molar-refractivity contribution >= 4 is 28.7 Å². The molecule has 2 atom stereocenters. The van der Waals surface area contributed by atoms with Gasteiger partial charge in [-0.3, -0.25) is 4.79 Å². The van der Waals surface area contributed by atoms with Crippen LogP contribution in [0.1, 0.15) is 36.0 Å². The second-order valence-corrected chi connectivity index (χ2v) is 6.57. The number of hydrogen-bond donors (Lipinski definition) is 5. The first-order valence-electron chi connectivity index (χ1n) is 8.61. The van der Waals surface area contributed by atoms with Gasteiger partial charge in [0.15, 0.2) is 0 Å². The molecule has 1 saturated carbocycles. The highest BCUT2D eigenvalue weighted by molar-refractivity contribution is 6.00. The zero-order valence-corrected chi connectivity index (χ0v) is 14.2. The van der Waals surface area contributed by atoms with Crippen LogP contribution in [-0.4, -0.2) is 18.0 Å². The molecule has 0 radical (unpaired) electrons. The van der Waals surface area contributed by atoms with Gasteiger partial charge < -0.3 is 27.8 Å². The summed E-state index contributed by atoms with van der Waals surface area (Å²) in [6.45, 7) is 0. The van der Waals surface area contributed by atoms with Gasteiger partial charge in [-0.05, 0) is 49.2 Å². The fourth-order valence-corrected chi connectivity index (χ4v) is 3.28. The second-order valence-electron chi connectivity index (χ2n) is 6.57. The van der Waals surface area contributed by atoms with Crippen molar-refractivity contribution in [2.24, 2.45) is 11.5 Å². The van der Waals surface area contributed by atoms with Gasteiger partial charge in [-0.25, -0.2) is 0 Å². The molecule has 0 spiro atoms. The van der Waals surface area contributed by atoms with Crippen LogP contribution >= 0.6 is 0 Å². The van der Waals surface area contributed by atoms with Crippen LogP contribution in [0.3, 0.4) is 0 Å². The fraction of sp³-hybridized carbons (Fsp3) is 0.316. The van der Waals surface area contributed by atoms with E-state index in [1.165, 1.54) is 12.8 Å². The van der Waals surface area contributed by atoms with Crippen LogP contribution in [0.5, 0.6) is 0 Å². The monoisotopic (exact) mass is 339 g/mol. The quantitative estimate of drug-likeness (QED) is 0.537. The van der Waals surface area contributed by atoms with Crippen molar-refractivity contribution in [2.45, 2.75) is 37.8 Å². The van der Waals surface area contributed by atoms with Crippen molar-refractivity contribution in [1.29, 1.82) is 0 Å². The van der Waals surface area contributed by atoms with Gasteiger partial charge in [0.1, 0.15) is 0 Å². The van der Waals surface area contributed by atoms with Gasteiger partial charge in [-0.1, -0.05) is 18.9 Å². The molecule has 0 aromatic heterocycles. The van der Waals surface area contributed by atoms with Gasteiger partial charge in [0, 0.05) is 29.1 Å². The summed E-state index contributed by atoms with van der Waals surface area (Å²) in [5.41, 5.74) is 21.0. The van der Waals surface area contributed by atoms with Crippen LogP contribution in [-0.2, 0) is 0 Å². The number of carbonyl (C=O) groups is 1. The average molecular weight is 339 g/mol. The van der Waals surface area contributed by atoms with Crippen molar-refractivity contribution in [3.8, 4) is 0 Å². The number of nitrogens with two attached hydrogens (primary N) is 3. The summed E-state index contributed by atoms with van der Waals surface area (Å²) < 4.78 is 0. The molecule has 8 N–H and O–H groups in total. The highest BCUT2D eigenvalue weighted by atomic mass is 16.1. The Morgan fingerprint density at radius 1 is 1.04 bits per heavy atom. The number of rotatable bonds is 5. The number of nitrogen functional groups attached to an aromatic ring is 1. The Morgan fingerprint density at radius 3 is 2.56 bits per heavy atom. The smallest absolute Gasteiger partial charge is 0.250 e. The maximum Gasteiger partial charge on any atom is 0.250 e. The molecule has 25 heavy (non-hydrogen) atoms. The second kappa shape index (κ2) is 7.44. The molecule has 2 aromatic rings. The Bertz CT molecular complexity index is 761. The third-order valence-corrected chi connectivity index (χ3v) is 4.62. The van der Waals surface area contributed by atoms with Crippen molar-refractivity contribution in [2.75, 3.05) is 16.4 Å². The zero-order valence-electron chi connectivity index (χ0n) is 14.2. The number of primary amides is 1. The van der Waals surface area contributed by atoms with Gasteiger partial charge in [0.05, 0.1) is 11.3 Å². The Balaban J connectivity index is 1.85. The first kappa shape index (κ1) is 17.1. The average Bonchev–Trinajstić information content (AvgIpc) is 2.57. The topological polar surface area (TPSA) is 119 Å². The number of carbonyl (C=O) groups excluding carboxylic acids is 1. The summed E-state index contributed by atoms with van der Waals surface area (Å²) in [6, 6.07) is 13.2. The van der Waals surface area contributed by atoms with Gasteiger partial charge in [0.25, 0.3) is 5.91 Å². The van der Waals surface area contributed by atoms with Gasteiger partial charge >= 0.3 is 0 Å². The third kappa shape index (κ3) is 4.22. The van der Waals surface area contributed by atoms with Crippen LogP contribution in [0.25, 0.3) is 0 Å². The summed E-state index contributed by atoms with van der Waals surface area (Å²) >= 11 is 0. The molecule has 0 heterocycles. The Kier molecular flexibility index (Phi) is 5.09. The van der Waals surface area contributed by atoms with Crippen LogP contribution in [0, 0.1) is 0 Å². The lowest BCUT2D eigenvalue weighted by Crippen LogP contribution is -2.42. The van der Waals surface area contributed by atoms with Crippen molar-refractivity contribution in [3.05, 3.63) is 48.0 Å². The first-order chi connectivity index (χ1) is 12.0. The number of anilines is 4. The van der Waals surface area contributed by atoms with Crippen molar-refractivity contribution in [3.63, 3.8) is 0 Å². The zero-order chi connectivity index (χ0) is 17.8. The molecular formula is C19H25N5O. The molecule has 132 valence electrons. The van der Waals surface area contributed by atoms with Crippen LogP contribution < -0.4 is 27.8 Å². The molecule has 2 aromatic carbocycles. The van der Waals surface area contributed by atoms with Crippen molar-refractivity contribution < 1.29 is 4.79 Å². The molecule has 0 aliphatic heterocycles. The molecule has 1 aliphatic carbocycles. The molecule has 3 rings (SSSR count). The molecule has 0 unspecified atom stereocenters. The van der Waals surface area contributed by atoms with E-state index in [1.54, 1.807) is 6.07 Å². The van der Waals surface area contributed by atoms with E-state index in [4.69, 9.17) is 17.2 Å². The van der Waals surface area contributed by atoms with Crippen LogP contribution in [0.2, 0.25) is 0 Å². The summed E-state index contributed by atoms with van der Waals surface area (Å²) in [5.74, 6) is -0.479. The maximum absolute atomic E-state index is 11.7. The van der Waals surface area contributed by atoms with E-state index in [9.17, 15) is 4.79 Å². The Labute approximate surface area is 147 Å². The molecular weight excluding hydrogens is 314 g/mol. The van der Waals surface area contributed by atoms with Gasteiger partial charge in [-0.15, -0.1) is 0 Å². The van der Waals surface area contributed by atoms with Gasteiger partial charge in [0.2, 0.25) is 0 Å². The van der Waals surface area contributed by atoms with E-state index in [1.807, 2.05) is 36.4 Å². The molecule has 1 amide bonds. The third-order valence-electron chi connectivity index (χ3n) is 4.62. The number of benzene rings is 2. The molecule has 0 bridgehead atoms. The van der Waals surface area contributed by atoms with E-state index in [-0.39, 0.29) is 12.1 Å². The highest BCUT2D eigenvalue weighted by Crippen LogP contribution is 2.28. The minimum atomic E-state index is -0.479. The largest absolute Gasteiger partial charge is 0.399 e. The summed E-state index contributed by atoms with van der Waals surface area (Å²) in [6.07, 6.45) is 4.45. The Hall–Kier alpha value is -2.73. The number of nitrogens with one attached hydrogen (secondary N) is 2. The van der Waals surface area contributed by atoms with E-state index >= 15 is 0 Å². The normalized spacial score (nSPS) is 20.0. The van der Waals surface area contributed by atoms with Gasteiger partial charge in [-0.2, -0.15) is 0 Å². The first-order valence-corrected chi connectivity index (χ1v) is 8.61. The standard InChI is InChI=1S/C19H25N5O/c20-12-4-3-5-13(10-12)24-18-11-14(8-9-15(18)19(22)25)23-17-7-2-1-6-16(17)21/h3-5,8-11,16-17,23-24H,1-2,6-7,20-21H2,(H2,22,25)/t16-,17+/m0/s1. The minimum absolute atomic E-state index is 0.148. The van der Waals surface area contributed by atoms with E-state index in [2.05, 4.69) is 10.6 Å². The molecule has 6 nitrogen and oxygen atoms in total. The van der Waals surface area contributed by atoms with E-state index < -0.39 is 5.91 Å². The number of amides is 1. The predicted molar refractivity (Wildman–Crippen MR) is 103 cm³/mol. The maximum atomic E-state index is 11.7. The molecule has 6 heteroatoms. The summed E-state index contributed by atoms with van der Waals surface area (Å²) in [4.78, 5) is 11.7. The molecule has 1 aliphatic rings. The lowest BCUT2D eigenvalue weighted by Gasteiger charge is -2.30. The summed E-state index contributed by atoms with van der Waals surface area (Å²) in [7, 11) is 0. The highest BCUT2D eigenvalue weighted by Gasteiger charge is 2.22. The SMILES string of the molecule is NC(=O)c1ccc(N[C@@H]2CCCC[C@@H]2N)cc1Nc1cccc(N)c1. The van der Waals surface area contributed by atoms with E-state index in [0.717, 1.165) is 24.2 Å². The van der Waals surface area contributed by atoms with Crippen molar-refractivity contribution in [1.82, 2.24) is 0 Å². The number of hydrogen-bond acceptors (Lipinski definition) is 5. The Morgan fingerprint density at radius 2 is 1.84 bits per heavy atom. The minimum Gasteiger partial charge on any atom is -0.399 e. The fourth-order valence-electron chi connectivity index (χ4n) is 3.28. The van der Waals surface area contributed by atoms with Crippen LogP contribution in [0.4, 0.5) is 22.7 Å². The van der Waals surface area contributed by atoms with Crippen LogP contribution in [0.15, 0.2) is 42.5 Å². The lowest BCUT2D eigenvalue weighted by molar-refractivity contribution is 0.100.